The van der Waals surface area contributed by atoms with Crippen molar-refractivity contribution in [1.82, 2.24) is 5.32 Å². The number of nitrogens with one attached hydrogen (secondary N) is 1. The Balaban J connectivity index is 4.07. The molecule has 5 heteroatoms. The molecule has 0 spiro atoms. The number of nitrogens with two attached hydrogens (primary N) is 1. The summed E-state index contributed by atoms with van der Waals surface area (Å²) in [5, 5.41) is 2.55. The van der Waals surface area contributed by atoms with E-state index in [9.17, 15) is 9.59 Å². The molecule has 0 aliphatic carbocycles. The lowest BCUT2D eigenvalue weighted by atomic mass is 10.1. The van der Waals surface area contributed by atoms with Gasteiger partial charge in [-0.05, 0) is 25.8 Å². The van der Waals surface area contributed by atoms with Gasteiger partial charge in [-0.25, -0.2) is 4.79 Å². The SMILES string of the molecule is CCCOC(=O)C(CCCN)NC(C)=O. The molecule has 5 nitrogen and oxygen atoms in total. The van der Waals surface area contributed by atoms with Crippen LogP contribution in [0.5, 0.6) is 0 Å². The lowest BCUT2D eigenvalue weighted by Crippen LogP contribution is -2.41. The predicted molar refractivity (Wildman–Crippen MR) is 57.1 cm³/mol. The van der Waals surface area contributed by atoms with E-state index < -0.39 is 6.04 Å². The molecule has 15 heavy (non-hydrogen) atoms. The molecule has 88 valence electrons. The Hall–Kier alpha value is -1.10. The van der Waals surface area contributed by atoms with Crippen LogP contribution in [0.4, 0.5) is 0 Å². The average Bonchev–Trinajstić information content (AvgIpc) is 2.20. The molecule has 0 rings (SSSR count). The van der Waals surface area contributed by atoms with Crippen LogP contribution >= 0.6 is 0 Å². The van der Waals surface area contributed by atoms with E-state index in [1.165, 1.54) is 6.92 Å². The molecule has 0 fully saturated rings. The third kappa shape index (κ3) is 6.90. The summed E-state index contributed by atoms with van der Waals surface area (Å²) in [4.78, 5) is 22.3. The number of amides is 1. The summed E-state index contributed by atoms with van der Waals surface area (Å²) in [5.41, 5.74) is 5.34. The zero-order valence-corrected chi connectivity index (χ0v) is 9.41. The number of ether oxygens (including phenoxy) is 1. The fourth-order valence-corrected chi connectivity index (χ4v) is 1.12. The van der Waals surface area contributed by atoms with E-state index in [2.05, 4.69) is 5.32 Å². The van der Waals surface area contributed by atoms with Crippen LogP contribution in [0.1, 0.15) is 33.1 Å². The minimum Gasteiger partial charge on any atom is -0.464 e. The van der Waals surface area contributed by atoms with Crippen molar-refractivity contribution in [3.8, 4) is 0 Å². The highest BCUT2D eigenvalue weighted by molar-refractivity contribution is 5.83. The Morgan fingerprint density at radius 3 is 2.60 bits per heavy atom. The fourth-order valence-electron chi connectivity index (χ4n) is 1.12. The minimum absolute atomic E-state index is 0.231. The monoisotopic (exact) mass is 216 g/mol. The maximum absolute atomic E-state index is 11.5. The molecule has 0 bridgehead atoms. The molecule has 0 heterocycles. The third-order valence-electron chi connectivity index (χ3n) is 1.81. The number of esters is 1. The van der Waals surface area contributed by atoms with Crippen LogP contribution in [-0.4, -0.2) is 31.1 Å². The van der Waals surface area contributed by atoms with Gasteiger partial charge in [-0.15, -0.1) is 0 Å². The molecule has 0 aliphatic heterocycles. The van der Waals surface area contributed by atoms with Gasteiger partial charge in [0.2, 0.25) is 5.91 Å². The number of hydrogen-bond donors (Lipinski definition) is 2. The van der Waals surface area contributed by atoms with Crippen molar-refractivity contribution in [1.29, 1.82) is 0 Å². The summed E-state index contributed by atoms with van der Waals surface area (Å²) in [5.74, 6) is -0.606. The Morgan fingerprint density at radius 1 is 1.47 bits per heavy atom. The highest BCUT2D eigenvalue weighted by atomic mass is 16.5. The van der Waals surface area contributed by atoms with Crippen molar-refractivity contribution >= 4 is 11.9 Å². The van der Waals surface area contributed by atoms with E-state index in [-0.39, 0.29) is 11.9 Å². The molecule has 0 aliphatic rings. The van der Waals surface area contributed by atoms with Gasteiger partial charge in [-0.3, -0.25) is 4.79 Å². The summed E-state index contributed by atoms with van der Waals surface area (Å²) < 4.78 is 4.96. The molecule has 0 aromatic heterocycles. The molecular formula is C10H20N2O3. The zero-order chi connectivity index (χ0) is 11.7. The van der Waals surface area contributed by atoms with E-state index >= 15 is 0 Å². The summed E-state index contributed by atoms with van der Waals surface area (Å²) in [6.45, 7) is 4.18. The zero-order valence-electron chi connectivity index (χ0n) is 9.41. The van der Waals surface area contributed by atoms with Crippen LogP contribution in [0.2, 0.25) is 0 Å². The highest BCUT2D eigenvalue weighted by Crippen LogP contribution is 2.00. The molecule has 0 aromatic rings. The summed E-state index contributed by atoms with van der Waals surface area (Å²) >= 11 is 0. The Labute approximate surface area is 90.4 Å². The molecule has 1 unspecified atom stereocenters. The van der Waals surface area contributed by atoms with Crippen LogP contribution < -0.4 is 11.1 Å². The second-order valence-electron chi connectivity index (χ2n) is 3.35. The Bertz CT molecular complexity index is 207. The minimum atomic E-state index is -0.558. The van der Waals surface area contributed by atoms with Gasteiger partial charge in [-0.2, -0.15) is 0 Å². The fraction of sp³-hybridized carbons (Fsp3) is 0.800. The van der Waals surface area contributed by atoms with Gasteiger partial charge in [0, 0.05) is 6.92 Å². The second kappa shape index (κ2) is 8.23. The molecule has 1 amide bonds. The maximum Gasteiger partial charge on any atom is 0.328 e. The second-order valence-corrected chi connectivity index (χ2v) is 3.35. The first kappa shape index (κ1) is 13.9. The largest absolute Gasteiger partial charge is 0.464 e. The molecule has 1 atom stereocenters. The molecule has 0 saturated carbocycles. The van der Waals surface area contributed by atoms with Gasteiger partial charge >= 0.3 is 5.97 Å². The lowest BCUT2D eigenvalue weighted by Gasteiger charge is -2.15. The molecule has 0 aromatic carbocycles. The van der Waals surface area contributed by atoms with Gasteiger partial charge in [0.1, 0.15) is 6.04 Å². The first-order chi connectivity index (χ1) is 7.11. The van der Waals surface area contributed by atoms with Gasteiger partial charge in [0.25, 0.3) is 0 Å². The van der Waals surface area contributed by atoms with Gasteiger partial charge in [-0.1, -0.05) is 6.92 Å². The van der Waals surface area contributed by atoms with Gasteiger partial charge < -0.3 is 15.8 Å². The number of hydrogen-bond acceptors (Lipinski definition) is 4. The van der Waals surface area contributed by atoms with Crippen LogP contribution in [0.25, 0.3) is 0 Å². The first-order valence-electron chi connectivity index (χ1n) is 5.25. The van der Waals surface area contributed by atoms with Crippen molar-refractivity contribution in [3.05, 3.63) is 0 Å². The number of carbonyl (C=O) groups excluding carboxylic acids is 2. The van der Waals surface area contributed by atoms with E-state index in [0.29, 0.717) is 26.0 Å². The van der Waals surface area contributed by atoms with Crippen LogP contribution in [0.15, 0.2) is 0 Å². The van der Waals surface area contributed by atoms with Gasteiger partial charge in [0.15, 0.2) is 0 Å². The Morgan fingerprint density at radius 2 is 2.13 bits per heavy atom. The van der Waals surface area contributed by atoms with Crippen molar-refractivity contribution in [2.45, 2.75) is 39.2 Å². The normalized spacial score (nSPS) is 11.9. The average molecular weight is 216 g/mol. The van der Waals surface area contributed by atoms with E-state index in [0.717, 1.165) is 6.42 Å². The predicted octanol–water partition coefficient (Wildman–Crippen LogP) is 0.183. The maximum atomic E-state index is 11.5. The van der Waals surface area contributed by atoms with E-state index in [1.54, 1.807) is 0 Å². The van der Waals surface area contributed by atoms with E-state index in [1.807, 2.05) is 6.92 Å². The standard InChI is InChI=1S/C10H20N2O3/c1-3-7-15-10(14)9(5-4-6-11)12-8(2)13/h9H,3-7,11H2,1-2H3,(H,12,13). The van der Waals surface area contributed by atoms with Crippen LogP contribution in [0.3, 0.4) is 0 Å². The third-order valence-corrected chi connectivity index (χ3v) is 1.81. The van der Waals surface area contributed by atoms with Crippen molar-refractivity contribution in [2.75, 3.05) is 13.2 Å². The van der Waals surface area contributed by atoms with Gasteiger partial charge in [0.05, 0.1) is 6.61 Å². The van der Waals surface area contributed by atoms with Crippen LogP contribution in [0, 0.1) is 0 Å². The molecular weight excluding hydrogens is 196 g/mol. The Kier molecular flexibility index (Phi) is 7.62. The lowest BCUT2D eigenvalue weighted by molar-refractivity contribution is -0.148. The van der Waals surface area contributed by atoms with Crippen molar-refractivity contribution in [2.24, 2.45) is 5.73 Å². The first-order valence-corrected chi connectivity index (χ1v) is 5.25. The van der Waals surface area contributed by atoms with Crippen molar-refractivity contribution in [3.63, 3.8) is 0 Å². The molecule has 0 saturated heterocycles. The molecule has 0 radical (unpaired) electrons. The number of carbonyl (C=O) groups is 2. The summed E-state index contributed by atoms with van der Waals surface area (Å²) in [7, 11) is 0. The summed E-state index contributed by atoms with van der Waals surface area (Å²) in [6, 6.07) is -0.558. The van der Waals surface area contributed by atoms with Crippen LogP contribution in [-0.2, 0) is 14.3 Å². The molecule has 3 N–H and O–H groups in total. The number of rotatable bonds is 7. The summed E-state index contributed by atoms with van der Waals surface area (Å²) in [6.07, 6.45) is 1.99. The quantitative estimate of drug-likeness (QED) is 0.595. The highest BCUT2D eigenvalue weighted by Gasteiger charge is 2.19. The van der Waals surface area contributed by atoms with Crippen molar-refractivity contribution < 1.29 is 14.3 Å². The van der Waals surface area contributed by atoms with E-state index in [4.69, 9.17) is 10.5 Å². The smallest absolute Gasteiger partial charge is 0.328 e. The topological polar surface area (TPSA) is 81.4 Å².